The standard InChI is InChI=1S/C24H26N4O3S/c1-4-28(5-2)20(29)15-32-24-18(14-25)22(19-12-9-13-31-19)21(16(3)26-24)23(30)27-17-10-7-6-8-11-17/h6-13,22,26H,4-5,15H2,1-3H3,(H,27,30). The summed E-state index contributed by atoms with van der Waals surface area (Å²) < 4.78 is 5.62. The zero-order valence-corrected chi connectivity index (χ0v) is 19.2. The van der Waals surface area contributed by atoms with E-state index in [1.54, 1.807) is 36.1 Å². The number of amides is 2. The van der Waals surface area contributed by atoms with E-state index in [9.17, 15) is 14.9 Å². The molecule has 2 N–H and O–H groups in total. The van der Waals surface area contributed by atoms with E-state index in [4.69, 9.17) is 4.42 Å². The molecule has 1 atom stereocenters. The lowest BCUT2D eigenvalue weighted by Gasteiger charge is -2.28. The fraction of sp³-hybridized carbons (Fsp3) is 0.292. The number of nitrogens with zero attached hydrogens (tertiary/aromatic N) is 2. The molecule has 8 heteroatoms. The molecule has 0 aliphatic carbocycles. The van der Waals surface area contributed by atoms with Crippen LogP contribution in [0, 0.1) is 11.3 Å². The monoisotopic (exact) mass is 450 g/mol. The Bertz CT molecular complexity index is 1060. The van der Waals surface area contributed by atoms with Gasteiger partial charge in [0.1, 0.15) is 5.76 Å². The minimum absolute atomic E-state index is 0.00427. The molecule has 3 rings (SSSR count). The third kappa shape index (κ3) is 5.06. The molecule has 0 radical (unpaired) electrons. The minimum atomic E-state index is -0.675. The van der Waals surface area contributed by atoms with Gasteiger partial charge in [0.2, 0.25) is 5.91 Å². The summed E-state index contributed by atoms with van der Waals surface area (Å²) in [5.74, 6) is -0.312. The highest BCUT2D eigenvalue weighted by molar-refractivity contribution is 8.03. The first-order valence-electron chi connectivity index (χ1n) is 10.4. The van der Waals surface area contributed by atoms with Gasteiger partial charge in [-0.2, -0.15) is 5.26 Å². The van der Waals surface area contributed by atoms with Crippen LogP contribution in [0.25, 0.3) is 0 Å². The van der Waals surface area contributed by atoms with E-state index >= 15 is 0 Å². The smallest absolute Gasteiger partial charge is 0.254 e. The van der Waals surface area contributed by atoms with E-state index < -0.39 is 5.92 Å². The largest absolute Gasteiger partial charge is 0.468 e. The van der Waals surface area contributed by atoms with Gasteiger partial charge in [-0.25, -0.2) is 0 Å². The number of hydrogen-bond donors (Lipinski definition) is 2. The predicted molar refractivity (Wildman–Crippen MR) is 125 cm³/mol. The first kappa shape index (κ1) is 23.2. The number of carbonyl (C=O) groups is 2. The van der Waals surface area contributed by atoms with E-state index in [0.29, 0.717) is 46.4 Å². The van der Waals surface area contributed by atoms with Crippen LogP contribution in [0.2, 0.25) is 0 Å². The van der Waals surface area contributed by atoms with E-state index in [0.717, 1.165) is 0 Å². The number of thioether (sulfide) groups is 1. The number of furan rings is 1. The molecule has 0 fully saturated rings. The quantitative estimate of drug-likeness (QED) is 0.625. The molecule has 166 valence electrons. The topological polar surface area (TPSA) is 98.4 Å². The van der Waals surface area contributed by atoms with Crippen molar-refractivity contribution in [1.82, 2.24) is 10.2 Å². The number of nitriles is 1. The van der Waals surface area contributed by atoms with Crippen molar-refractivity contribution in [2.75, 3.05) is 24.2 Å². The molecule has 1 aromatic heterocycles. The van der Waals surface area contributed by atoms with Crippen LogP contribution in [-0.2, 0) is 9.59 Å². The maximum Gasteiger partial charge on any atom is 0.254 e. The van der Waals surface area contributed by atoms with Gasteiger partial charge in [0.15, 0.2) is 0 Å². The van der Waals surface area contributed by atoms with Gasteiger partial charge in [-0.05, 0) is 45.0 Å². The highest BCUT2D eigenvalue weighted by Crippen LogP contribution is 2.41. The number of carbonyl (C=O) groups excluding carboxylic acids is 2. The van der Waals surface area contributed by atoms with Gasteiger partial charge >= 0.3 is 0 Å². The van der Waals surface area contributed by atoms with Crippen molar-refractivity contribution >= 4 is 29.3 Å². The Hall–Kier alpha value is -3.44. The zero-order chi connectivity index (χ0) is 23.1. The number of allylic oxidation sites excluding steroid dienone is 2. The average molecular weight is 451 g/mol. The van der Waals surface area contributed by atoms with Gasteiger partial charge in [0.25, 0.3) is 5.91 Å². The molecule has 32 heavy (non-hydrogen) atoms. The maximum atomic E-state index is 13.2. The van der Waals surface area contributed by atoms with Gasteiger partial charge in [-0.15, -0.1) is 0 Å². The molecule has 0 saturated heterocycles. The van der Waals surface area contributed by atoms with Gasteiger partial charge < -0.3 is 20.0 Å². The third-order valence-corrected chi connectivity index (χ3v) is 6.21. The second-order valence-electron chi connectivity index (χ2n) is 7.14. The lowest BCUT2D eigenvalue weighted by atomic mass is 9.85. The molecule has 0 spiro atoms. The van der Waals surface area contributed by atoms with Gasteiger partial charge in [0, 0.05) is 24.5 Å². The average Bonchev–Trinajstić information content (AvgIpc) is 3.33. The Balaban J connectivity index is 1.93. The van der Waals surface area contributed by atoms with Crippen LogP contribution in [0.3, 0.4) is 0 Å². The fourth-order valence-electron chi connectivity index (χ4n) is 3.59. The van der Waals surface area contributed by atoms with Gasteiger partial charge in [-0.1, -0.05) is 30.0 Å². The number of para-hydroxylation sites is 1. The number of hydrogen-bond acceptors (Lipinski definition) is 6. The lowest BCUT2D eigenvalue weighted by molar-refractivity contribution is -0.128. The number of benzene rings is 1. The summed E-state index contributed by atoms with van der Waals surface area (Å²) in [5.41, 5.74) is 2.01. The Labute approximate surface area is 192 Å². The molecule has 1 aromatic carbocycles. The highest BCUT2D eigenvalue weighted by Gasteiger charge is 2.36. The van der Waals surface area contributed by atoms with E-state index in [1.165, 1.54) is 18.0 Å². The molecular weight excluding hydrogens is 424 g/mol. The van der Waals surface area contributed by atoms with Crippen molar-refractivity contribution in [2.45, 2.75) is 26.7 Å². The van der Waals surface area contributed by atoms with Crippen LogP contribution >= 0.6 is 11.8 Å². The number of dihydropyridines is 1. The van der Waals surface area contributed by atoms with Crippen molar-refractivity contribution in [3.05, 3.63) is 76.4 Å². The van der Waals surface area contributed by atoms with Crippen molar-refractivity contribution in [2.24, 2.45) is 0 Å². The summed E-state index contributed by atoms with van der Waals surface area (Å²) in [5, 5.41) is 16.7. The van der Waals surface area contributed by atoms with Crippen molar-refractivity contribution in [1.29, 1.82) is 5.26 Å². The van der Waals surface area contributed by atoms with Crippen LogP contribution in [0.15, 0.2) is 75.0 Å². The summed E-state index contributed by atoms with van der Waals surface area (Å²) in [6.45, 7) is 6.91. The third-order valence-electron chi connectivity index (χ3n) is 5.21. The molecule has 1 aliphatic heterocycles. The van der Waals surface area contributed by atoms with Crippen LogP contribution in [0.4, 0.5) is 5.69 Å². The Morgan fingerprint density at radius 1 is 1.19 bits per heavy atom. The molecular formula is C24H26N4O3S. The van der Waals surface area contributed by atoms with Gasteiger partial charge in [0.05, 0.1) is 40.2 Å². The summed E-state index contributed by atoms with van der Waals surface area (Å²) >= 11 is 1.27. The van der Waals surface area contributed by atoms with Crippen LogP contribution in [0.5, 0.6) is 0 Å². The molecule has 1 aliphatic rings. The number of rotatable bonds is 8. The Morgan fingerprint density at radius 3 is 2.50 bits per heavy atom. The molecule has 1 unspecified atom stereocenters. The fourth-order valence-corrected chi connectivity index (χ4v) is 4.58. The summed E-state index contributed by atoms with van der Waals surface area (Å²) in [4.78, 5) is 27.5. The SMILES string of the molecule is CCN(CC)C(=O)CSC1=C(C#N)C(c2ccco2)C(C(=O)Nc2ccccc2)=C(C)N1. The van der Waals surface area contributed by atoms with Crippen LogP contribution in [0.1, 0.15) is 32.4 Å². The molecule has 0 bridgehead atoms. The molecule has 2 amide bonds. The Kier molecular flexibility index (Phi) is 7.79. The van der Waals surface area contributed by atoms with E-state index in [1.807, 2.05) is 32.0 Å². The highest BCUT2D eigenvalue weighted by atomic mass is 32.2. The van der Waals surface area contributed by atoms with Crippen molar-refractivity contribution < 1.29 is 14.0 Å². The van der Waals surface area contributed by atoms with Crippen molar-refractivity contribution in [3.8, 4) is 6.07 Å². The molecule has 2 heterocycles. The first-order valence-corrected chi connectivity index (χ1v) is 11.4. The minimum Gasteiger partial charge on any atom is -0.468 e. The molecule has 0 saturated carbocycles. The molecule has 7 nitrogen and oxygen atoms in total. The summed E-state index contributed by atoms with van der Waals surface area (Å²) in [6, 6.07) is 14.9. The Morgan fingerprint density at radius 2 is 1.91 bits per heavy atom. The van der Waals surface area contributed by atoms with Gasteiger partial charge in [-0.3, -0.25) is 9.59 Å². The summed E-state index contributed by atoms with van der Waals surface area (Å²) in [7, 11) is 0. The summed E-state index contributed by atoms with van der Waals surface area (Å²) in [6.07, 6.45) is 1.52. The molecule has 2 aromatic rings. The first-order chi connectivity index (χ1) is 15.5. The second kappa shape index (κ2) is 10.7. The maximum absolute atomic E-state index is 13.2. The second-order valence-corrected chi connectivity index (χ2v) is 8.13. The number of anilines is 1. The number of nitrogens with one attached hydrogen (secondary N) is 2. The van der Waals surface area contributed by atoms with E-state index in [-0.39, 0.29) is 17.6 Å². The van der Waals surface area contributed by atoms with E-state index in [2.05, 4.69) is 16.7 Å². The van der Waals surface area contributed by atoms with Crippen molar-refractivity contribution in [3.63, 3.8) is 0 Å². The van der Waals surface area contributed by atoms with Crippen LogP contribution < -0.4 is 10.6 Å². The normalized spacial score (nSPS) is 15.8. The lowest BCUT2D eigenvalue weighted by Crippen LogP contribution is -2.33. The zero-order valence-electron chi connectivity index (χ0n) is 18.3. The van der Waals surface area contributed by atoms with Crippen LogP contribution in [-0.4, -0.2) is 35.6 Å². The predicted octanol–water partition coefficient (Wildman–Crippen LogP) is 4.22.